The molecule has 0 fully saturated rings. The molecule has 7 nitrogen and oxygen atoms in total. The third-order valence-corrected chi connectivity index (χ3v) is 6.48. The van der Waals surface area contributed by atoms with Gasteiger partial charge in [0.25, 0.3) is 5.91 Å². The Morgan fingerprint density at radius 3 is 2.74 bits per heavy atom. The van der Waals surface area contributed by atoms with E-state index in [1.807, 2.05) is 43.3 Å². The lowest BCUT2D eigenvalue weighted by atomic mass is 10.0. The Balaban J connectivity index is 1.48. The molecule has 172 valence electrons. The van der Waals surface area contributed by atoms with Crippen LogP contribution < -0.4 is 9.80 Å². The molecule has 2 N–H and O–H groups in total. The van der Waals surface area contributed by atoms with Crippen molar-refractivity contribution < 1.29 is 14.7 Å². The van der Waals surface area contributed by atoms with E-state index in [9.17, 15) is 14.7 Å². The van der Waals surface area contributed by atoms with Crippen molar-refractivity contribution in [2.24, 2.45) is 0 Å². The Morgan fingerprint density at radius 1 is 1.15 bits per heavy atom. The van der Waals surface area contributed by atoms with Crippen molar-refractivity contribution in [2.75, 3.05) is 23.4 Å². The van der Waals surface area contributed by atoms with Gasteiger partial charge in [-0.25, -0.2) is 0 Å². The first-order valence-corrected chi connectivity index (χ1v) is 11.3. The minimum absolute atomic E-state index is 0.0194. The van der Waals surface area contributed by atoms with Gasteiger partial charge < -0.3 is 14.9 Å². The molecule has 5 rings (SSSR count). The maximum Gasteiger partial charge on any atom is 0.261 e. The number of aromatic nitrogens is 2. The molecule has 0 unspecified atom stereocenters. The van der Waals surface area contributed by atoms with E-state index in [-0.39, 0.29) is 23.1 Å². The molecule has 3 aromatic carbocycles. The molecule has 0 atom stereocenters. The molecule has 0 saturated heterocycles. The number of phenols is 1. The zero-order valence-corrected chi connectivity index (χ0v) is 19.4. The Hall–Kier alpha value is -4.13. The molecule has 2 heterocycles. The second kappa shape index (κ2) is 8.33. The zero-order valence-electron chi connectivity index (χ0n) is 19.4. The van der Waals surface area contributed by atoms with Gasteiger partial charge >= 0.3 is 0 Å². The number of aromatic hydroxyl groups is 1. The fraction of sp³-hybridized carbons (Fsp3) is 0.222. The molecule has 1 aliphatic rings. The van der Waals surface area contributed by atoms with E-state index in [0.29, 0.717) is 24.2 Å². The number of fused-ring (bicyclic) bond motifs is 2. The normalized spacial score (nSPS) is 12.7. The van der Waals surface area contributed by atoms with Crippen molar-refractivity contribution in [1.82, 2.24) is 10.2 Å². The molecule has 4 aromatic rings. The highest BCUT2D eigenvalue weighted by Crippen LogP contribution is 2.34. The Morgan fingerprint density at radius 2 is 1.97 bits per heavy atom. The number of H-pyrrole nitrogens is 1. The molecule has 0 bridgehead atoms. The number of phenolic OH excluding ortho intramolecular Hbond substituents is 1. The molecular weight excluding hydrogens is 428 g/mol. The summed E-state index contributed by atoms with van der Waals surface area (Å²) in [7, 11) is 1.67. The molecule has 2 amide bonds. The van der Waals surface area contributed by atoms with Crippen LogP contribution in [-0.4, -0.2) is 40.7 Å². The van der Waals surface area contributed by atoms with Gasteiger partial charge in [0.1, 0.15) is 5.75 Å². The molecule has 7 heteroatoms. The summed E-state index contributed by atoms with van der Waals surface area (Å²) in [6.07, 6.45) is 1.41. The van der Waals surface area contributed by atoms with E-state index >= 15 is 0 Å². The summed E-state index contributed by atoms with van der Waals surface area (Å²) in [5.41, 5.74) is 6.56. The number of rotatable bonds is 4. The molecule has 0 radical (unpaired) electrons. The first-order valence-electron chi connectivity index (χ1n) is 11.3. The minimum Gasteiger partial charge on any atom is -0.507 e. The van der Waals surface area contributed by atoms with Crippen LogP contribution >= 0.6 is 0 Å². The van der Waals surface area contributed by atoms with Gasteiger partial charge in [0.05, 0.1) is 16.8 Å². The standard InChI is InChI=1S/C27H26N4O3/c1-16-5-4-6-18(11-16)12-23-21-14-22(26(33)15-24(21)29-28-23)27(34)30(3)20-8-7-19-9-10-31(17(2)32)25(19)13-20/h4-8,11,13-15,33H,9-10,12H2,1-3H3,(H,28,29). The summed E-state index contributed by atoms with van der Waals surface area (Å²) in [6, 6.07) is 17.2. The lowest BCUT2D eigenvalue weighted by Gasteiger charge is -2.21. The third-order valence-electron chi connectivity index (χ3n) is 6.48. The summed E-state index contributed by atoms with van der Waals surface area (Å²) < 4.78 is 0. The third kappa shape index (κ3) is 3.79. The maximum atomic E-state index is 13.4. The van der Waals surface area contributed by atoms with E-state index in [2.05, 4.69) is 16.3 Å². The monoisotopic (exact) mass is 454 g/mol. The van der Waals surface area contributed by atoms with Crippen molar-refractivity contribution in [2.45, 2.75) is 26.7 Å². The minimum atomic E-state index is -0.338. The van der Waals surface area contributed by atoms with Crippen molar-refractivity contribution in [3.63, 3.8) is 0 Å². The van der Waals surface area contributed by atoms with Gasteiger partial charge in [-0.15, -0.1) is 0 Å². The van der Waals surface area contributed by atoms with E-state index in [0.717, 1.165) is 34.3 Å². The van der Waals surface area contributed by atoms with Gasteiger partial charge in [-0.1, -0.05) is 35.9 Å². The molecule has 34 heavy (non-hydrogen) atoms. The summed E-state index contributed by atoms with van der Waals surface area (Å²) in [5, 5.41) is 18.8. The highest BCUT2D eigenvalue weighted by Gasteiger charge is 2.25. The summed E-state index contributed by atoms with van der Waals surface area (Å²) in [5.74, 6) is -0.467. The van der Waals surface area contributed by atoms with Gasteiger partial charge in [-0.05, 0) is 42.7 Å². The number of nitrogens with zero attached hydrogens (tertiary/aromatic N) is 3. The van der Waals surface area contributed by atoms with Crippen LogP contribution in [0.2, 0.25) is 0 Å². The molecule has 0 spiro atoms. The number of carbonyl (C=O) groups is 2. The van der Waals surface area contributed by atoms with Gasteiger partial charge in [-0.3, -0.25) is 14.7 Å². The SMILES string of the molecule is CC(=O)N1CCc2ccc(N(C)C(=O)c3cc4c(Cc5cccc(C)c5)n[nH]c4cc3O)cc21. The number of aryl methyl sites for hydroxylation is 1. The number of nitrogens with one attached hydrogen (secondary N) is 1. The van der Waals surface area contributed by atoms with Crippen molar-refractivity contribution >= 4 is 34.1 Å². The smallest absolute Gasteiger partial charge is 0.261 e. The van der Waals surface area contributed by atoms with Crippen molar-refractivity contribution in [3.8, 4) is 5.75 Å². The second-order valence-corrected chi connectivity index (χ2v) is 8.85. The van der Waals surface area contributed by atoms with Crippen LogP contribution in [0.5, 0.6) is 5.75 Å². The van der Waals surface area contributed by atoms with E-state index < -0.39 is 0 Å². The Labute approximate surface area is 197 Å². The fourth-order valence-electron chi connectivity index (χ4n) is 4.63. The van der Waals surface area contributed by atoms with Crippen molar-refractivity contribution in [1.29, 1.82) is 0 Å². The van der Waals surface area contributed by atoms with Crippen LogP contribution in [0.3, 0.4) is 0 Å². The molecule has 0 aliphatic carbocycles. The van der Waals surface area contributed by atoms with Gasteiger partial charge in [-0.2, -0.15) is 5.10 Å². The van der Waals surface area contributed by atoms with E-state index in [4.69, 9.17) is 0 Å². The summed E-state index contributed by atoms with van der Waals surface area (Å²) in [6.45, 7) is 4.24. The number of benzene rings is 3. The Bertz CT molecular complexity index is 1440. The lowest BCUT2D eigenvalue weighted by molar-refractivity contribution is -0.116. The summed E-state index contributed by atoms with van der Waals surface area (Å²) >= 11 is 0. The van der Waals surface area contributed by atoms with E-state index in [1.165, 1.54) is 10.5 Å². The largest absolute Gasteiger partial charge is 0.507 e. The van der Waals surface area contributed by atoms with Crippen LogP contribution in [0, 0.1) is 6.92 Å². The predicted octanol–water partition coefficient (Wildman–Crippen LogP) is 4.35. The number of aromatic amines is 1. The first-order chi connectivity index (χ1) is 16.3. The second-order valence-electron chi connectivity index (χ2n) is 8.85. The number of hydrogen-bond donors (Lipinski definition) is 2. The molecule has 1 aliphatic heterocycles. The fourth-order valence-corrected chi connectivity index (χ4v) is 4.63. The number of amides is 2. The lowest BCUT2D eigenvalue weighted by Crippen LogP contribution is -2.28. The van der Waals surface area contributed by atoms with Crippen molar-refractivity contribution in [3.05, 3.63) is 82.5 Å². The Kier molecular flexibility index (Phi) is 5.32. The van der Waals surface area contributed by atoms with Crippen LogP contribution in [-0.2, 0) is 17.6 Å². The average Bonchev–Trinajstić information content (AvgIpc) is 3.41. The number of anilines is 2. The molecule has 1 aromatic heterocycles. The topological polar surface area (TPSA) is 89.5 Å². The van der Waals surface area contributed by atoms with E-state index in [1.54, 1.807) is 31.0 Å². The average molecular weight is 455 g/mol. The highest BCUT2D eigenvalue weighted by molar-refractivity contribution is 6.10. The number of carbonyl (C=O) groups excluding carboxylic acids is 2. The van der Waals surface area contributed by atoms with Crippen LogP contribution in [0.4, 0.5) is 11.4 Å². The highest BCUT2D eigenvalue weighted by atomic mass is 16.3. The quantitative estimate of drug-likeness (QED) is 0.480. The first kappa shape index (κ1) is 21.7. The predicted molar refractivity (Wildman–Crippen MR) is 133 cm³/mol. The molecular formula is C27H26N4O3. The molecule has 0 saturated carbocycles. The van der Waals surface area contributed by atoms with Crippen LogP contribution in [0.25, 0.3) is 10.9 Å². The van der Waals surface area contributed by atoms with Crippen LogP contribution in [0.15, 0.2) is 54.6 Å². The zero-order chi connectivity index (χ0) is 24.0. The van der Waals surface area contributed by atoms with Gasteiger partial charge in [0.2, 0.25) is 5.91 Å². The number of hydrogen-bond acceptors (Lipinski definition) is 4. The van der Waals surface area contributed by atoms with Gasteiger partial charge in [0.15, 0.2) is 0 Å². The maximum absolute atomic E-state index is 13.4. The summed E-state index contributed by atoms with van der Waals surface area (Å²) in [4.78, 5) is 28.6. The van der Waals surface area contributed by atoms with Gasteiger partial charge in [0, 0.05) is 49.8 Å². The van der Waals surface area contributed by atoms with Crippen LogP contribution in [0.1, 0.15) is 39.7 Å².